The Bertz CT molecular complexity index is 2680. The third-order valence-electron chi connectivity index (χ3n) is 18.2. The molecule has 30 atom stereocenters. The van der Waals surface area contributed by atoms with Gasteiger partial charge in [0.1, 0.15) is 146 Å². The van der Waals surface area contributed by atoms with Gasteiger partial charge in [-0.1, -0.05) is 64.4 Å². The molecule has 0 aromatic heterocycles. The van der Waals surface area contributed by atoms with E-state index in [9.17, 15) is 90.4 Å². The first-order chi connectivity index (χ1) is 47.2. The zero-order valence-corrected chi connectivity index (χ0v) is 56.4. The first-order valence-electron chi connectivity index (χ1n) is 33.6. The number of carbonyl (C=O) groups excluding carboxylic acids is 5. The van der Waals surface area contributed by atoms with E-state index in [0.29, 0.717) is 12.4 Å². The molecule has 0 saturated carbocycles. The second kappa shape index (κ2) is 38.8. The maximum Gasteiger partial charge on any atom is 0.251 e. The van der Waals surface area contributed by atoms with Gasteiger partial charge in [0.15, 0.2) is 37.7 Å². The lowest BCUT2D eigenvalue weighted by molar-refractivity contribution is -0.368. The van der Waals surface area contributed by atoms with Gasteiger partial charge < -0.3 is 155 Å². The van der Waals surface area contributed by atoms with Gasteiger partial charge >= 0.3 is 0 Å². The lowest BCUT2D eigenvalue weighted by Crippen LogP contribution is -2.72. The molecule has 6 heterocycles. The summed E-state index contributed by atoms with van der Waals surface area (Å²) in [5.41, 5.74) is 0.0622. The van der Waals surface area contributed by atoms with Crippen LogP contribution in [-0.4, -0.2) is 327 Å². The van der Waals surface area contributed by atoms with Crippen molar-refractivity contribution in [2.24, 2.45) is 0 Å². The summed E-state index contributed by atoms with van der Waals surface area (Å²) < 4.78 is 78.0. The number of rotatable bonds is 33. The Kier molecular flexibility index (Phi) is 32.0. The third-order valence-corrected chi connectivity index (χ3v) is 18.2. The number of nitrogens with one attached hydrogen (secondary N) is 5. The van der Waals surface area contributed by atoms with Crippen molar-refractivity contribution in [2.75, 3.05) is 46.8 Å². The Morgan fingerprint density at radius 3 is 1.27 bits per heavy atom. The van der Waals surface area contributed by atoms with Gasteiger partial charge in [0.25, 0.3) is 5.91 Å². The summed E-state index contributed by atoms with van der Waals surface area (Å²) in [6, 6.07) is -2.38. The lowest BCUT2D eigenvalue weighted by Gasteiger charge is -2.51. The van der Waals surface area contributed by atoms with E-state index in [4.69, 9.17) is 61.6 Å². The van der Waals surface area contributed by atoms with Gasteiger partial charge in [0, 0.05) is 40.4 Å². The molecule has 36 nitrogen and oxygen atoms in total. The minimum Gasteiger partial charge on any atom is -0.494 e. The van der Waals surface area contributed by atoms with E-state index in [2.05, 4.69) is 33.5 Å². The van der Waals surface area contributed by atoms with Crippen molar-refractivity contribution in [3.8, 4) is 5.75 Å². The van der Waals surface area contributed by atoms with Crippen LogP contribution in [0.5, 0.6) is 5.75 Å². The van der Waals surface area contributed by atoms with Crippen LogP contribution in [0.15, 0.2) is 24.3 Å². The molecule has 0 spiro atoms. The van der Waals surface area contributed by atoms with E-state index >= 15 is 0 Å². The third kappa shape index (κ3) is 21.1. The number of ether oxygens (including phenoxy) is 13. The Morgan fingerprint density at radius 1 is 0.434 bits per heavy atom. The van der Waals surface area contributed by atoms with Crippen molar-refractivity contribution in [1.29, 1.82) is 0 Å². The smallest absolute Gasteiger partial charge is 0.251 e. The van der Waals surface area contributed by atoms with E-state index in [1.807, 2.05) is 0 Å². The number of hydrogen-bond acceptors (Lipinski definition) is 31. The summed E-state index contributed by atoms with van der Waals surface area (Å²) in [4.78, 5) is 65.1. The van der Waals surface area contributed by atoms with Crippen molar-refractivity contribution in [3.63, 3.8) is 0 Å². The zero-order valence-electron chi connectivity index (χ0n) is 56.4. The summed E-state index contributed by atoms with van der Waals surface area (Å²) in [7, 11) is 1.21. The molecule has 0 aliphatic carbocycles. The van der Waals surface area contributed by atoms with Gasteiger partial charge in [-0.3, -0.25) is 24.0 Å². The van der Waals surface area contributed by atoms with Crippen molar-refractivity contribution >= 4 is 29.5 Å². The molecule has 5 amide bonds. The van der Waals surface area contributed by atoms with E-state index in [0.717, 1.165) is 53.4 Å². The molecular weight excluding hydrogens is 1320 g/mol. The number of aliphatic hydroxyl groups excluding tert-OH is 13. The Balaban J connectivity index is 1.07. The number of unbranched alkanes of at least 4 members (excludes halogenated alkanes) is 8. The average molecular weight is 1430 g/mol. The summed E-state index contributed by atoms with van der Waals surface area (Å²) >= 11 is 0. The second-order valence-electron chi connectivity index (χ2n) is 25.6. The summed E-state index contributed by atoms with van der Waals surface area (Å²) in [6.07, 6.45) is -33.4. The van der Waals surface area contributed by atoms with E-state index < -0.39 is 246 Å². The molecule has 7 rings (SSSR count). The maximum atomic E-state index is 14.0. The van der Waals surface area contributed by atoms with Gasteiger partial charge in [-0.25, -0.2) is 0 Å². The van der Waals surface area contributed by atoms with Crippen LogP contribution in [-0.2, 0) is 76.0 Å². The first-order valence-corrected chi connectivity index (χ1v) is 33.6. The first kappa shape index (κ1) is 81.7. The van der Waals surface area contributed by atoms with Crippen LogP contribution in [0.3, 0.4) is 0 Å². The largest absolute Gasteiger partial charge is 0.494 e. The standard InChI is InChI=1S/C63H103N5O31/c1-8-9-10-11-12-13-14-15-16-20-88-33-19-17-18-32(21-33)57(85)68-40-46(79)45(78)34(22-69)92-59(40)96-52-35(23-70)93-60(41(48(52)81)65-29(4)74)97-53-36(24-71)94-61(42(49(53)82)66-30(5)75)98-54-37(25-72)95-62(43(50(54)83)67-31(6)76)99-55-38(91-58(86)39(47(55)80)64-28(3)73)26-89-63-56(87-7)51(84)44(77)27(2)90-63/h17-19,21,27,34-56,58-63,69-72,77-84,86H,8-16,20,22-26H2,1-7H3,(H,64,73)(H,65,74)(H,66,75)(H,67,76)(H,68,85)/t27?,34?,35-,36?,37-,38?,39-,40-,41?,42-,43?,44?,45+,46?,47?,48?,49?,50?,51-,52+,53?,54+,55?,56+,58?,59-,60?,61-,62?,63+/m0/s1. The van der Waals surface area contributed by atoms with Crippen molar-refractivity contribution in [2.45, 2.75) is 283 Å². The molecule has 6 saturated heterocycles. The fraction of sp³-hybridized carbons (Fsp3) is 0.825. The fourth-order valence-electron chi connectivity index (χ4n) is 13.0. The van der Waals surface area contributed by atoms with Crippen LogP contribution in [0.1, 0.15) is 110 Å². The van der Waals surface area contributed by atoms with Crippen LogP contribution in [0, 0.1) is 0 Å². The predicted molar refractivity (Wildman–Crippen MR) is 333 cm³/mol. The minimum atomic E-state index is -2.06. The number of methoxy groups -OCH3 is 1. The van der Waals surface area contributed by atoms with Crippen LogP contribution < -0.4 is 31.3 Å². The van der Waals surface area contributed by atoms with Crippen molar-refractivity contribution in [3.05, 3.63) is 29.8 Å². The quantitative estimate of drug-likeness (QED) is 0.0291. The van der Waals surface area contributed by atoms with Crippen molar-refractivity contribution < 1.29 is 152 Å². The molecule has 0 radical (unpaired) electrons. The molecule has 0 bridgehead atoms. The minimum absolute atomic E-state index is 0.0622. The van der Waals surface area contributed by atoms with Gasteiger partial charge in [0.05, 0.1) is 45.7 Å². The molecular formula is C63H103N5O31. The molecule has 566 valence electrons. The van der Waals surface area contributed by atoms with Crippen molar-refractivity contribution in [1.82, 2.24) is 26.6 Å². The van der Waals surface area contributed by atoms with Gasteiger partial charge in [-0.05, 0) is 31.5 Å². The number of amides is 5. The van der Waals surface area contributed by atoms with E-state index in [1.165, 1.54) is 58.3 Å². The molecule has 6 aliphatic heterocycles. The highest BCUT2D eigenvalue weighted by molar-refractivity contribution is 5.94. The zero-order chi connectivity index (χ0) is 72.5. The highest BCUT2D eigenvalue weighted by Crippen LogP contribution is 2.37. The summed E-state index contributed by atoms with van der Waals surface area (Å²) in [6.45, 7) is 3.61. The van der Waals surface area contributed by atoms with E-state index in [1.54, 1.807) is 12.1 Å². The molecule has 17 unspecified atom stereocenters. The maximum absolute atomic E-state index is 14.0. The molecule has 1 aromatic rings. The molecule has 6 aliphatic rings. The predicted octanol–water partition coefficient (Wildman–Crippen LogP) is -6.50. The van der Waals surface area contributed by atoms with E-state index in [-0.39, 0.29) is 5.56 Å². The molecule has 36 heteroatoms. The SMILES string of the molecule is CCCCCCCCCCCOc1cccc(C(=O)N[C@H]2C(O)[C@H](O)C(CO)O[C@H]2O[C@H]2C(O)C(NC(C)=O)C(OC3C(CO)O[C@@H](O[C@H]4C(O)C(NC(C)=O)C(OC5C(CO[C@@H]6OC(C)C(O)[C@H](O)[C@H]6OC)OC(O)[C@@H](NC(C)=O)C5O)O[C@H]4CO)[C@@H](NC(C)=O)C3O)O[C@H]2CO)c1. The van der Waals surface area contributed by atoms with Crippen LogP contribution >= 0.6 is 0 Å². The summed E-state index contributed by atoms with van der Waals surface area (Å²) in [5, 5.41) is 159. The topological polar surface area (TPSA) is 528 Å². The second-order valence-corrected chi connectivity index (χ2v) is 25.6. The number of aliphatic hydroxyl groups is 13. The molecule has 6 fully saturated rings. The van der Waals surface area contributed by atoms with Crippen LogP contribution in [0.25, 0.3) is 0 Å². The molecule has 18 N–H and O–H groups in total. The number of hydrogen-bond donors (Lipinski definition) is 18. The highest BCUT2D eigenvalue weighted by Gasteiger charge is 2.58. The Labute approximate surface area is 572 Å². The molecule has 1 aromatic carbocycles. The fourth-order valence-corrected chi connectivity index (χ4v) is 13.0. The van der Waals surface area contributed by atoms with Gasteiger partial charge in [-0.2, -0.15) is 0 Å². The average Bonchev–Trinajstić information content (AvgIpc) is 0.767. The normalized spacial score (nSPS) is 39.5. The number of benzene rings is 1. The monoisotopic (exact) mass is 1430 g/mol. The van der Waals surface area contributed by atoms with Gasteiger partial charge in [-0.15, -0.1) is 0 Å². The highest BCUT2D eigenvalue weighted by atomic mass is 16.8. The Morgan fingerprint density at radius 2 is 0.838 bits per heavy atom. The molecule has 99 heavy (non-hydrogen) atoms. The van der Waals surface area contributed by atoms with Crippen LogP contribution in [0.4, 0.5) is 0 Å². The lowest BCUT2D eigenvalue weighted by atomic mass is 9.93. The van der Waals surface area contributed by atoms with Crippen LogP contribution in [0.2, 0.25) is 0 Å². The summed E-state index contributed by atoms with van der Waals surface area (Å²) in [5.74, 6) is -3.63. The number of carbonyl (C=O) groups is 5. The Hall–Kier alpha value is -4.63. The van der Waals surface area contributed by atoms with Gasteiger partial charge in [0.2, 0.25) is 23.6 Å².